The molecule has 0 unspecified atom stereocenters. The van der Waals surface area contributed by atoms with Crippen LogP contribution in [0.4, 0.5) is 0 Å². The third-order valence-corrected chi connectivity index (χ3v) is 6.60. The van der Waals surface area contributed by atoms with Crippen LogP contribution in [0.2, 0.25) is 0 Å². The van der Waals surface area contributed by atoms with Gasteiger partial charge in [-0.15, -0.1) is 35.4 Å². The van der Waals surface area contributed by atoms with Crippen molar-refractivity contribution in [2.24, 2.45) is 0 Å². The molecule has 0 bridgehead atoms. The minimum absolute atomic E-state index is 0. The van der Waals surface area contributed by atoms with Crippen molar-refractivity contribution in [3.05, 3.63) is 179 Å². The molecule has 6 aromatic rings. The summed E-state index contributed by atoms with van der Waals surface area (Å²) in [5.74, 6) is -2.03. The number of carboxylic acids is 2. The molecule has 0 aliphatic carbocycles. The first-order valence-electron chi connectivity index (χ1n) is 20.1. The number of rotatable bonds is 9. The van der Waals surface area contributed by atoms with Crippen LogP contribution in [0.1, 0.15) is 138 Å². The number of hydrogen-bond acceptors (Lipinski definition) is 6. The SMILES string of the molecule is CC.CC.CC.CC.CC.CC.O=C(O)c1cccc(Cc2[c-]c(-c3ccccn3)ccc2)n1.O=C(O)c1cccc(Cc2[c-]c(Cc3ccccn3)ccc2)n1.[Pt].[Pt]. The third kappa shape index (κ3) is 24.8. The van der Waals surface area contributed by atoms with Crippen molar-refractivity contribution >= 4 is 11.9 Å². The van der Waals surface area contributed by atoms with Crippen LogP contribution >= 0.6 is 0 Å². The summed E-state index contributed by atoms with van der Waals surface area (Å²) in [5, 5.41) is 18.0. The molecule has 326 valence electrons. The second-order valence-electron chi connectivity index (χ2n) is 10.00. The first-order valence-corrected chi connectivity index (χ1v) is 20.1. The minimum atomic E-state index is -1.02. The summed E-state index contributed by atoms with van der Waals surface area (Å²) in [6.07, 6.45) is 5.32. The molecule has 6 rings (SSSR count). The van der Waals surface area contributed by atoms with E-state index in [0.29, 0.717) is 18.5 Å². The van der Waals surface area contributed by atoms with Crippen LogP contribution in [-0.4, -0.2) is 42.1 Å². The molecule has 8 nitrogen and oxygen atoms in total. The molecule has 0 atom stereocenters. The van der Waals surface area contributed by atoms with Gasteiger partial charge in [0.1, 0.15) is 11.4 Å². The van der Waals surface area contributed by atoms with Gasteiger partial charge in [-0.25, -0.2) is 19.6 Å². The van der Waals surface area contributed by atoms with Crippen molar-refractivity contribution in [2.75, 3.05) is 0 Å². The summed E-state index contributed by atoms with van der Waals surface area (Å²) >= 11 is 0. The molecule has 0 spiro atoms. The molecule has 2 N–H and O–H groups in total. The standard InChI is InChI=1S/C19H15N2O2.C18H13N2O2.6C2H6.2Pt/c22-19(23)18-9-4-8-17(21-18)13-15-6-3-5-14(11-15)12-16-7-1-2-10-20-16;21-18(22)17-9-4-7-15(20-17)12-13-5-3-6-14(11-13)16-8-1-2-10-19-16;6*1-2;;/h1-10H,12-13H2,(H,22,23);1-10H,12H2,(H,21,22);6*1-2H3;;/q2*-1;;;;;;;;. The van der Waals surface area contributed by atoms with Crippen LogP contribution in [-0.2, 0) is 61.4 Å². The summed E-state index contributed by atoms with van der Waals surface area (Å²) < 4.78 is 0. The van der Waals surface area contributed by atoms with Gasteiger partial charge in [0.25, 0.3) is 0 Å². The van der Waals surface area contributed by atoms with E-state index >= 15 is 0 Å². The normalized spacial score (nSPS) is 8.54. The van der Waals surface area contributed by atoms with Crippen LogP contribution in [0.5, 0.6) is 0 Å². The predicted octanol–water partition coefficient (Wildman–Crippen LogP) is 12.5. The summed E-state index contributed by atoms with van der Waals surface area (Å²) in [6.45, 7) is 24.0. The fourth-order valence-electron chi connectivity index (χ4n) is 4.55. The molecule has 59 heavy (non-hydrogen) atoms. The topological polar surface area (TPSA) is 126 Å². The number of nitrogens with zero attached hydrogens (tertiary/aromatic N) is 4. The summed E-state index contributed by atoms with van der Waals surface area (Å²) in [5.41, 5.74) is 7.27. The molecule has 0 aliphatic rings. The molecule has 0 aliphatic heterocycles. The Morgan fingerprint density at radius 2 is 0.814 bits per heavy atom. The Labute approximate surface area is 384 Å². The quantitative estimate of drug-likeness (QED) is 0.137. The maximum atomic E-state index is 11.0. The minimum Gasteiger partial charge on any atom is -0.477 e. The number of benzene rings is 2. The molecule has 0 fully saturated rings. The van der Waals surface area contributed by atoms with E-state index in [1.54, 1.807) is 24.5 Å². The van der Waals surface area contributed by atoms with Gasteiger partial charge in [-0.05, 0) is 67.4 Å². The number of carbonyl (C=O) groups is 2. The molecular formula is C49H64N4O4Pt2-2. The average Bonchev–Trinajstić information content (AvgIpc) is 3.29. The number of pyridine rings is 4. The number of carboxylic acid groups (broad SMARTS) is 2. The van der Waals surface area contributed by atoms with Crippen LogP contribution < -0.4 is 0 Å². The van der Waals surface area contributed by atoms with E-state index in [1.165, 1.54) is 12.1 Å². The second-order valence-corrected chi connectivity index (χ2v) is 10.00. The summed E-state index contributed by atoms with van der Waals surface area (Å²) in [7, 11) is 0. The molecule has 2 aromatic carbocycles. The van der Waals surface area contributed by atoms with E-state index in [4.69, 9.17) is 10.2 Å². The maximum absolute atomic E-state index is 11.0. The molecule has 0 radical (unpaired) electrons. The molecule has 0 saturated carbocycles. The van der Waals surface area contributed by atoms with Gasteiger partial charge in [0.05, 0.1) is 0 Å². The molecule has 0 saturated heterocycles. The molecule has 10 heteroatoms. The summed E-state index contributed by atoms with van der Waals surface area (Å²) in [4.78, 5) is 38.9. The average molecular weight is 1160 g/mol. The van der Waals surface area contributed by atoms with Crippen LogP contribution in [0, 0.1) is 12.1 Å². The Kier molecular flexibility index (Phi) is 41.5. The van der Waals surface area contributed by atoms with Crippen molar-refractivity contribution in [1.29, 1.82) is 0 Å². The zero-order chi connectivity index (χ0) is 43.4. The van der Waals surface area contributed by atoms with Gasteiger partial charge in [0.2, 0.25) is 0 Å². The Morgan fingerprint density at radius 3 is 1.22 bits per heavy atom. The maximum Gasteiger partial charge on any atom is 0.354 e. The first-order chi connectivity index (χ1) is 27.9. The third-order valence-electron chi connectivity index (χ3n) is 6.60. The number of aromatic nitrogens is 4. The Morgan fingerprint density at radius 1 is 0.441 bits per heavy atom. The van der Waals surface area contributed by atoms with Gasteiger partial charge < -0.3 is 15.2 Å². The summed E-state index contributed by atoms with van der Waals surface area (Å²) in [6, 6.07) is 40.1. The Hall–Kier alpha value is -4.64. The van der Waals surface area contributed by atoms with Gasteiger partial charge in [-0.2, -0.15) is 35.4 Å². The Balaban J connectivity index is -0.000000398. The zero-order valence-electron chi connectivity index (χ0n) is 36.8. The molecular weight excluding hydrogens is 1100 g/mol. The van der Waals surface area contributed by atoms with Gasteiger partial charge in [-0.1, -0.05) is 113 Å². The van der Waals surface area contributed by atoms with Crippen molar-refractivity contribution in [3.8, 4) is 11.3 Å². The van der Waals surface area contributed by atoms with E-state index in [2.05, 4.69) is 32.1 Å². The van der Waals surface area contributed by atoms with Gasteiger partial charge in [0, 0.05) is 71.6 Å². The molecule has 4 heterocycles. The van der Waals surface area contributed by atoms with Crippen molar-refractivity contribution < 1.29 is 61.9 Å². The van der Waals surface area contributed by atoms with E-state index < -0.39 is 11.9 Å². The van der Waals surface area contributed by atoms with E-state index in [9.17, 15) is 9.59 Å². The zero-order valence-corrected chi connectivity index (χ0v) is 41.3. The van der Waals surface area contributed by atoms with E-state index in [1.807, 2.05) is 168 Å². The van der Waals surface area contributed by atoms with Crippen molar-refractivity contribution in [3.63, 3.8) is 0 Å². The number of aromatic carboxylic acids is 2. The fourth-order valence-corrected chi connectivity index (χ4v) is 4.55. The van der Waals surface area contributed by atoms with Crippen LogP contribution in [0.15, 0.2) is 122 Å². The Bertz CT molecular complexity index is 1910. The first kappa shape index (κ1) is 61.0. The fraction of sp³-hybridized carbons (Fsp3) is 0.306. The monoisotopic (exact) mass is 1160 g/mol. The van der Waals surface area contributed by atoms with Crippen LogP contribution in [0.3, 0.4) is 0 Å². The van der Waals surface area contributed by atoms with Gasteiger partial charge in [-0.3, -0.25) is 4.98 Å². The van der Waals surface area contributed by atoms with E-state index in [0.717, 1.165) is 45.8 Å². The smallest absolute Gasteiger partial charge is 0.354 e. The van der Waals surface area contributed by atoms with Crippen LogP contribution in [0.25, 0.3) is 11.3 Å². The van der Waals surface area contributed by atoms with Crippen molar-refractivity contribution in [1.82, 2.24) is 19.9 Å². The second kappa shape index (κ2) is 40.1. The van der Waals surface area contributed by atoms with Crippen molar-refractivity contribution in [2.45, 2.75) is 102 Å². The predicted molar refractivity (Wildman–Crippen MR) is 237 cm³/mol. The molecule has 4 aromatic heterocycles. The van der Waals surface area contributed by atoms with Gasteiger partial charge >= 0.3 is 11.9 Å². The molecule has 0 amide bonds. The number of hydrogen-bond donors (Lipinski definition) is 2. The van der Waals surface area contributed by atoms with E-state index in [-0.39, 0.29) is 53.5 Å². The largest absolute Gasteiger partial charge is 0.477 e. The van der Waals surface area contributed by atoms with Gasteiger partial charge in [0.15, 0.2) is 0 Å².